The van der Waals surface area contributed by atoms with Crippen LogP contribution in [-0.4, -0.2) is 34.7 Å². The number of rotatable bonds is 3. The van der Waals surface area contributed by atoms with E-state index in [4.69, 9.17) is 11.6 Å². The number of Topliss-reactive ketones (excluding diaryl/α,β-unsaturated/α-hetero) is 1. The molecule has 3 rings (SSSR count). The molecule has 5 nitrogen and oxygen atoms in total. The number of nitrogens with one attached hydrogen (secondary N) is 1. The highest BCUT2D eigenvalue weighted by Crippen LogP contribution is 2.38. The van der Waals surface area contributed by atoms with E-state index in [1.807, 2.05) is 6.92 Å². The summed E-state index contributed by atoms with van der Waals surface area (Å²) in [7, 11) is 0. The van der Waals surface area contributed by atoms with Crippen LogP contribution in [0.15, 0.2) is 24.3 Å². The second-order valence-corrected chi connectivity index (χ2v) is 6.81. The Hall–Kier alpha value is -1.88. The Morgan fingerprint density at radius 3 is 2.65 bits per heavy atom. The Bertz CT molecular complexity index is 658. The highest BCUT2D eigenvalue weighted by molar-refractivity contribution is 6.30. The van der Waals surface area contributed by atoms with E-state index in [0.717, 1.165) is 24.2 Å². The average molecular weight is 335 g/mol. The number of halogens is 1. The molecule has 1 heterocycles. The number of benzene rings is 1. The van der Waals surface area contributed by atoms with Crippen molar-refractivity contribution in [2.45, 2.75) is 38.1 Å². The van der Waals surface area contributed by atoms with Crippen LogP contribution >= 0.6 is 11.6 Å². The maximum atomic E-state index is 12.8. The molecule has 1 aromatic rings. The number of imide groups is 1. The number of hydrogen-bond acceptors (Lipinski definition) is 3. The van der Waals surface area contributed by atoms with Gasteiger partial charge in [0.15, 0.2) is 5.78 Å². The first kappa shape index (κ1) is 16.0. The maximum absolute atomic E-state index is 12.8. The Kier molecular flexibility index (Phi) is 4.15. The molecule has 6 heteroatoms. The minimum Gasteiger partial charge on any atom is -0.323 e. The van der Waals surface area contributed by atoms with E-state index in [9.17, 15) is 14.4 Å². The third-order valence-electron chi connectivity index (χ3n) is 4.97. The number of ketones is 1. The Morgan fingerprint density at radius 2 is 2.00 bits per heavy atom. The summed E-state index contributed by atoms with van der Waals surface area (Å²) < 4.78 is 0. The number of urea groups is 1. The number of nitrogens with zero attached hydrogens (tertiary/aromatic N) is 1. The van der Waals surface area contributed by atoms with Gasteiger partial charge in [-0.25, -0.2) is 4.79 Å². The lowest BCUT2D eigenvalue weighted by Gasteiger charge is -2.36. The normalized spacial score (nSPS) is 27.4. The SMILES string of the molecule is C[C@H]1CCCC[C@]12NC(=O)N(CC(=O)c1ccc(Cl)cc1)C2=O. The molecule has 3 amide bonds. The molecule has 23 heavy (non-hydrogen) atoms. The molecule has 2 fully saturated rings. The Balaban J connectivity index is 1.78. The van der Waals surface area contributed by atoms with Crippen LogP contribution in [0, 0.1) is 5.92 Å². The molecule has 1 aromatic carbocycles. The van der Waals surface area contributed by atoms with Crippen LogP contribution in [0.4, 0.5) is 4.79 Å². The quantitative estimate of drug-likeness (QED) is 0.682. The van der Waals surface area contributed by atoms with Crippen LogP contribution in [0.25, 0.3) is 0 Å². The van der Waals surface area contributed by atoms with Crippen molar-refractivity contribution < 1.29 is 14.4 Å². The summed E-state index contributed by atoms with van der Waals surface area (Å²) in [5.41, 5.74) is -0.386. The molecule has 0 bridgehead atoms. The predicted molar refractivity (Wildman–Crippen MR) is 86.4 cm³/mol. The van der Waals surface area contributed by atoms with E-state index >= 15 is 0 Å². The molecule has 0 unspecified atom stereocenters. The number of carbonyl (C=O) groups is 3. The van der Waals surface area contributed by atoms with Crippen molar-refractivity contribution in [3.63, 3.8) is 0 Å². The maximum Gasteiger partial charge on any atom is 0.325 e. The third kappa shape index (κ3) is 2.74. The third-order valence-corrected chi connectivity index (χ3v) is 5.22. The first-order chi connectivity index (χ1) is 10.9. The summed E-state index contributed by atoms with van der Waals surface area (Å²) in [6.07, 6.45) is 3.53. The van der Waals surface area contributed by atoms with Crippen molar-refractivity contribution in [2.75, 3.05) is 6.54 Å². The molecule has 1 spiro atoms. The van der Waals surface area contributed by atoms with Gasteiger partial charge >= 0.3 is 6.03 Å². The van der Waals surface area contributed by atoms with Crippen LogP contribution < -0.4 is 5.32 Å². The zero-order valence-electron chi connectivity index (χ0n) is 13.0. The van der Waals surface area contributed by atoms with Gasteiger partial charge in [-0.3, -0.25) is 14.5 Å². The summed E-state index contributed by atoms with van der Waals surface area (Å²) in [6, 6.07) is 5.96. The van der Waals surface area contributed by atoms with Gasteiger partial charge in [0, 0.05) is 10.6 Å². The highest BCUT2D eigenvalue weighted by Gasteiger charge is 2.55. The van der Waals surface area contributed by atoms with E-state index in [2.05, 4.69) is 5.32 Å². The van der Waals surface area contributed by atoms with Crippen molar-refractivity contribution in [3.8, 4) is 0 Å². The molecule has 1 N–H and O–H groups in total. The second kappa shape index (κ2) is 5.96. The van der Waals surface area contributed by atoms with Gasteiger partial charge in [-0.15, -0.1) is 0 Å². The summed E-state index contributed by atoms with van der Waals surface area (Å²) in [5, 5.41) is 3.38. The Morgan fingerprint density at radius 1 is 1.30 bits per heavy atom. The average Bonchev–Trinajstić information content (AvgIpc) is 2.76. The fourth-order valence-corrected chi connectivity index (χ4v) is 3.64. The zero-order chi connectivity index (χ0) is 16.6. The van der Waals surface area contributed by atoms with Crippen molar-refractivity contribution in [2.24, 2.45) is 5.92 Å². The Labute approximate surface area is 140 Å². The van der Waals surface area contributed by atoms with Crippen LogP contribution in [0.2, 0.25) is 5.02 Å². The molecule has 0 aromatic heterocycles. The van der Waals surface area contributed by atoms with E-state index in [0.29, 0.717) is 17.0 Å². The minimum absolute atomic E-state index is 0.0864. The zero-order valence-corrected chi connectivity index (χ0v) is 13.7. The molecule has 1 aliphatic carbocycles. The van der Waals surface area contributed by atoms with Gasteiger partial charge in [-0.05, 0) is 43.0 Å². The van der Waals surface area contributed by atoms with Crippen LogP contribution in [0.5, 0.6) is 0 Å². The van der Waals surface area contributed by atoms with Gasteiger partial charge in [0.25, 0.3) is 5.91 Å². The lowest BCUT2D eigenvalue weighted by molar-refractivity contribution is -0.133. The van der Waals surface area contributed by atoms with Gasteiger partial charge in [0.2, 0.25) is 0 Å². The molecule has 122 valence electrons. The largest absolute Gasteiger partial charge is 0.325 e. The fourth-order valence-electron chi connectivity index (χ4n) is 3.51. The molecule has 1 saturated heterocycles. The smallest absolute Gasteiger partial charge is 0.323 e. The fraction of sp³-hybridized carbons (Fsp3) is 0.471. The molecular formula is C17H19ClN2O3. The summed E-state index contributed by atoms with van der Waals surface area (Å²) in [6.45, 7) is 1.75. The topological polar surface area (TPSA) is 66.5 Å². The lowest BCUT2D eigenvalue weighted by Crippen LogP contribution is -2.54. The summed E-state index contributed by atoms with van der Waals surface area (Å²) in [4.78, 5) is 38.4. The van der Waals surface area contributed by atoms with Crippen molar-refractivity contribution in [1.29, 1.82) is 0 Å². The highest BCUT2D eigenvalue weighted by atomic mass is 35.5. The van der Waals surface area contributed by atoms with Gasteiger partial charge in [0.05, 0.1) is 6.54 Å². The predicted octanol–water partition coefficient (Wildman–Crippen LogP) is 3.02. The first-order valence-corrected chi connectivity index (χ1v) is 8.25. The van der Waals surface area contributed by atoms with E-state index in [-0.39, 0.29) is 24.2 Å². The second-order valence-electron chi connectivity index (χ2n) is 6.37. The van der Waals surface area contributed by atoms with Gasteiger partial charge in [0.1, 0.15) is 5.54 Å². The number of amides is 3. The van der Waals surface area contributed by atoms with E-state index < -0.39 is 11.6 Å². The molecule has 1 saturated carbocycles. The minimum atomic E-state index is -0.824. The number of hydrogen-bond donors (Lipinski definition) is 1. The van der Waals surface area contributed by atoms with Crippen LogP contribution in [-0.2, 0) is 4.79 Å². The molecule has 2 aliphatic rings. The van der Waals surface area contributed by atoms with Crippen LogP contribution in [0.1, 0.15) is 43.0 Å². The molecular weight excluding hydrogens is 316 g/mol. The molecule has 2 atom stereocenters. The van der Waals surface area contributed by atoms with Crippen molar-refractivity contribution in [1.82, 2.24) is 10.2 Å². The molecule has 1 aliphatic heterocycles. The first-order valence-electron chi connectivity index (χ1n) is 7.87. The lowest BCUT2D eigenvalue weighted by atomic mass is 9.73. The van der Waals surface area contributed by atoms with E-state index in [1.165, 1.54) is 0 Å². The van der Waals surface area contributed by atoms with Crippen LogP contribution in [0.3, 0.4) is 0 Å². The monoisotopic (exact) mass is 334 g/mol. The van der Waals surface area contributed by atoms with Crippen molar-refractivity contribution in [3.05, 3.63) is 34.9 Å². The molecule has 0 radical (unpaired) electrons. The van der Waals surface area contributed by atoms with Crippen molar-refractivity contribution >= 4 is 29.3 Å². The summed E-state index contributed by atoms with van der Waals surface area (Å²) in [5.74, 6) is -0.453. The summed E-state index contributed by atoms with van der Waals surface area (Å²) >= 11 is 5.81. The van der Waals surface area contributed by atoms with Gasteiger partial charge in [-0.2, -0.15) is 0 Å². The van der Waals surface area contributed by atoms with Gasteiger partial charge in [-0.1, -0.05) is 31.4 Å². The van der Waals surface area contributed by atoms with Gasteiger partial charge < -0.3 is 5.32 Å². The van der Waals surface area contributed by atoms with E-state index in [1.54, 1.807) is 24.3 Å². The number of carbonyl (C=O) groups excluding carboxylic acids is 3. The standard InChI is InChI=1S/C17H19ClN2O3/c1-11-4-2-3-9-17(11)15(22)20(16(23)19-17)10-14(21)12-5-7-13(18)8-6-12/h5-8,11H,2-4,9-10H2,1H3,(H,19,23)/t11-,17-/m0/s1.